The topological polar surface area (TPSA) is 114 Å². The fraction of sp³-hybridized carbons (Fsp3) is 0.136. The molecule has 170 valence electrons. The number of nitrogens with zero attached hydrogens (tertiary/aromatic N) is 2. The highest BCUT2D eigenvalue weighted by molar-refractivity contribution is 7.92. The Morgan fingerprint density at radius 1 is 1.18 bits per heavy atom. The van der Waals surface area contributed by atoms with Crippen LogP contribution >= 0.6 is 11.3 Å². The van der Waals surface area contributed by atoms with E-state index in [0.29, 0.717) is 22.7 Å². The fourth-order valence-corrected chi connectivity index (χ4v) is 4.71. The second-order valence-corrected chi connectivity index (χ2v) is 9.46. The molecule has 11 heteroatoms. The van der Waals surface area contributed by atoms with Gasteiger partial charge in [0, 0.05) is 5.38 Å². The smallest absolute Gasteiger partial charge is 0.262 e. The molecule has 0 aliphatic carbocycles. The van der Waals surface area contributed by atoms with E-state index >= 15 is 0 Å². The SMILES string of the molecule is Cc1oc(-c2ccccc2NS(=O)(=O)c2cccc(F)c2)nc1CNC(=O)Cc1cscn1. The molecule has 0 unspecified atom stereocenters. The Bertz CT molecular complexity index is 1390. The number of carbonyl (C=O) groups is 1. The van der Waals surface area contributed by atoms with Crippen molar-refractivity contribution >= 4 is 33.0 Å². The molecule has 0 spiro atoms. The Hall–Kier alpha value is -3.57. The molecule has 2 aromatic heterocycles. The predicted molar refractivity (Wildman–Crippen MR) is 122 cm³/mol. The molecule has 4 rings (SSSR count). The van der Waals surface area contributed by atoms with Gasteiger partial charge in [-0.3, -0.25) is 9.52 Å². The molecule has 4 aromatic rings. The number of thiazole rings is 1. The summed E-state index contributed by atoms with van der Waals surface area (Å²) in [5, 5.41) is 4.59. The molecule has 2 N–H and O–H groups in total. The first-order chi connectivity index (χ1) is 15.8. The van der Waals surface area contributed by atoms with E-state index in [4.69, 9.17) is 4.42 Å². The van der Waals surface area contributed by atoms with E-state index in [1.165, 1.54) is 29.5 Å². The van der Waals surface area contributed by atoms with E-state index in [9.17, 15) is 17.6 Å². The number of rotatable bonds is 8. The number of oxazole rings is 1. The summed E-state index contributed by atoms with van der Waals surface area (Å²) in [6.07, 6.45) is 0.165. The quantitative estimate of drug-likeness (QED) is 0.390. The third-order valence-electron chi connectivity index (χ3n) is 4.68. The lowest BCUT2D eigenvalue weighted by Gasteiger charge is -2.11. The van der Waals surface area contributed by atoms with Crippen LogP contribution in [0.2, 0.25) is 0 Å². The predicted octanol–water partition coefficient (Wildman–Crippen LogP) is 3.91. The summed E-state index contributed by atoms with van der Waals surface area (Å²) >= 11 is 1.42. The van der Waals surface area contributed by atoms with Crippen molar-refractivity contribution in [1.29, 1.82) is 0 Å². The zero-order valence-electron chi connectivity index (χ0n) is 17.4. The number of para-hydroxylation sites is 1. The maximum Gasteiger partial charge on any atom is 0.262 e. The second-order valence-electron chi connectivity index (χ2n) is 7.06. The fourth-order valence-electron chi connectivity index (χ4n) is 3.04. The summed E-state index contributed by atoms with van der Waals surface area (Å²) in [4.78, 5) is 20.5. The van der Waals surface area contributed by atoms with Gasteiger partial charge >= 0.3 is 0 Å². The molecule has 2 aromatic carbocycles. The first-order valence-corrected chi connectivity index (χ1v) is 12.2. The van der Waals surface area contributed by atoms with Crippen molar-refractivity contribution in [3.63, 3.8) is 0 Å². The van der Waals surface area contributed by atoms with Gasteiger partial charge in [-0.1, -0.05) is 18.2 Å². The lowest BCUT2D eigenvalue weighted by atomic mass is 10.2. The third-order valence-corrected chi connectivity index (χ3v) is 6.68. The number of hydrogen-bond donors (Lipinski definition) is 2. The molecule has 0 aliphatic rings. The minimum atomic E-state index is -4.04. The maximum absolute atomic E-state index is 13.5. The summed E-state index contributed by atoms with van der Waals surface area (Å²) in [5.74, 6) is -0.181. The molecule has 0 atom stereocenters. The number of aryl methyl sites for hydroxylation is 1. The van der Waals surface area contributed by atoms with Crippen LogP contribution < -0.4 is 10.0 Å². The van der Waals surface area contributed by atoms with Crippen LogP contribution in [0.15, 0.2) is 68.7 Å². The first-order valence-electron chi connectivity index (χ1n) is 9.79. The van der Waals surface area contributed by atoms with Gasteiger partial charge in [-0.25, -0.2) is 22.8 Å². The minimum absolute atomic E-state index is 0.148. The summed E-state index contributed by atoms with van der Waals surface area (Å²) in [5.41, 5.74) is 3.49. The number of carbonyl (C=O) groups excluding carboxylic acids is 1. The van der Waals surface area contributed by atoms with E-state index in [0.717, 1.165) is 6.07 Å². The highest BCUT2D eigenvalue weighted by Crippen LogP contribution is 2.30. The third kappa shape index (κ3) is 5.44. The molecular formula is C22H19FN4O4S2. The van der Waals surface area contributed by atoms with Gasteiger partial charge in [0.25, 0.3) is 10.0 Å². The van der Waals surface area contributed by atoms with Crippen LogP contribution in [0.5, 0.6) is 0 Å². The van der Waals surface area contributed by atoms with E-state index in [-0.39, 0.29) is 35.3 Å². The Labute approximate surface area is 193 Å². The van der Waals surface area contributed by atoms with Gasteiger partial charge in [-0.05, 0) is 37.3 Å². The van der Waals surface area contributed by atoms with E-state index in [1.54, 1.807) is 42.1 Å². The van der Waals surface area contributed by atoms with Gasteiger partial charge in [0.05, 0.1) is 40.3 Å². The molecule has 2 heterocycles. The number of amides is 1. The molecule has 1 amide bonds. The van der Waals surface area contributed by atoms with Gasteiger partial charge in [-0.2, -0.15) is 0 Å². The van der Waals surface area contributed by atoms with Gasteiger partial charge in [0.15, 0.2) is 0 Å². The number of benzene rings is 2. The zero-order valence-corrected chi connectivity index (χ0v) is 19.0. The number of halogens is 1. The van der Waals surface area contributed by atoms with Gasteiger partial charge in [-0.15, -0.1) is 11.3 Å². The Kier molecular flexibility index (Phi) is 6.52. The zero-order chi connectivity index (χ0) is 23.4. The van der Waals surface area contributed by atoms with E-state index < -0.39 is 15.8 Å². The van der Waals surface area contributed by atoms with Crippen molar-refractivity contribution in [3.8, 4) is 11.5 Å². The summed E-state index contributed by atoms with van der Waals surface area (Å²) in [6.45, 7) is 1.85. The number of sulfonamides is 1. The molecule has 0 aliphatic heterocycles. The summed E-state index contributed by atoms with van der Waals surface area (Å²) in [6, 6.07) is 11.3. The average molecular weight is 487 g/mol. The largest absolute Gasteiger partial charge is 0.441 e. The normalized spacial score (nSPS) is 11.3. The Balaban J connectivity index is 1.53. The van der Waals surface area contributed by atoms with Crippen molar-refractivity contribution in [2.24, 2.45) is 0 Å². The van der Waals surface area contributed by atoms with Crippen molar-refractivity contribution in [2.75, 3.05) is 4.72 Å². The molecule has 0 saturated heterocycles. The molecule has 0 radical (unpaired) electrons. The molecule has 0 fully saturated rings. The number of hydrogen-bond acceptors (Lipinski definition) is 7. The number of anilines is 1. The van der Waals surface area contributed by atoms with Gasteiger partial charge in [0.2, 0.25) is 11.8 Å². The van der Waals surface area contributed by atoms with Crippen LogP contribution in [-0.2, 0) is 27.8 Å². The summed E-state index contributed by atoms with van der Waals surface area (Å²) in [7, 11) is -4.04. The van der Waals surface area contributed by atoms with Gasteiger partial charge < -0.3 is 9.73 Å². The van der Waals surface area contributed by atoms with Crippen LogP contribution in [-0.4, -0.2) is 24.3 Å². The molecule has 0 bridgehead atoms. The van der Waals surface area contributed by atoms with Crippen LogP contribution in [0.3, 0.4) is 0 Å². The molecular weight excluding hydrogens is 467 g/mol. The highest BCUT2D eigenvalue weighted by Gasteiger charge is 2.20. The molecule has 0 saturated carbocycles. The molecule has 33 heavy (non-hydrogen) atoms. The van der Waals surface area contributed by atoms with E-state index in [1.807, 2.05) is 0 Å². The summed E-state index contributed by atoms with van der Waals surface area (Å²) < 4.78 is 47.2. The highest BCUT2D eigenvalue weighted by atomic mass is 32.2. The van der Waals surface area contributed by atoms with Crippen molar-refractivity contribution in [3.05, 3.63) is 82.4 Å². The van der Waals surface area contributed by atoms with Crippen LogP contribution in [0, 0.1) is 12.7 Å². The van der Waals surface area contributed by atoms with Crippen molar-refractivity contribution < 1.29 is 22.0 Å². The van der Waals surface area contributed by atoms with Crippen molar-refractivity contribution in [2.45, 2.75) is 24.8 Å². The van der Waals surface area contributed by atoms with Gasteiger partial charge in [0.1, 0.15) is 17.3 Å². The van der Waals surface area contributed by atoms with E-state index in [2.05, 4.69) is 20.0 Å². The maximum atomic E-state index is 13.5. The number of aromatic nitrogens is 2. The standard InChI is InChI=1S/C22H19FN4O4S2/c1-14-20(11-24-21(28)10-16-12-32-13-25-16)26-22(31-14)18-7-2-3-8-19(18)27-33(29,30)17-6-4-5-15(23)9-17/h2-9,12-13,27H,10-11H2,1H3,(H,24,28). The van der Waals surface area contributed by atoms with Crippen molar-refractivity contribution in [1.82, 2.24) is 15.3 Å². The molecule has 8 nitrogen and oxygen atoms in total. The van der Waals surface area contributed by atoms with Crippen LogP contribution in [0.1, 0.15) is 17.1 Å². The van der Waals surface area contributed by atoms with Crippen LogP contribution in [0.25, 0.3) is 11.5 Å². The first kappa shape index (κ1) is 22.6. The minimum Gasteiger partial charge on any atom is -0.441 e. The number of nitrogens with one attached hydrogen (secondary N) is 2. The lowest BCUT2D eigenvalue weighted by molar-refractivity contribution is -0.120. The Morgan fingerprint density at radius 3 is 2.76 bits per heavy atom. The second kappa shape index (κ2) is 9.51. The average Bonchev–Trinajstić information content (AvgIpc) is 3.42. The van der Waals surface area contributed by atoms with Crippen LogP contribution in [0.4, 0.5) is 10.1 Å². The Morgan fingerprint density at radius 2 is 2.00 bits per heavy atom. The lowest BCUT2D eigenvalue weighted by Crippen LogP contribution is -2.25. The monoisotopic (exact) mass is 486 g/mol.